The van der Waals surface area contributed by atoms with Gasteiger partial charge in [-0.15, -0.1) is 0 Å². The number of hydrogen-bond acceptors (Lipinski definition) is 5. The summed E-state index contributed by atoms with van der Waals surface area (Å²) in [6.45, 7) is 2.24. The number of hydrazone groups is 1. The van der Waals surface area contributed by atoms with Gasteiger partial charge in [-0.25, -0.2) is 0 Å². The van der Waals surface area contributed by atoms with E-state index in [0.717, 1.165) is 5.56 Å². The second-order valence-electron chi connectivity index (χ2n) is 4.77. The molecule has 0 aromatic heterocycles. The molecule has 0 aliphatic heterocycles. The van der Waals surface area contributed by atoms with Crippen LogP contribution in [0.25, 0.3) is 0 Å². The lowest BCUT2D eigenvalue weighted by Gasteiger charge is -2.07. The quantitative estimate of drug-likeness (QED) is 0.496. The molecule has 0 atom stereocenters. The highest BCUT2D eigenvalue weighted by Crippen LogP contribution is 2.27. The summed E-state index contributed by atoms with van der Waals surface area (Å²) >= 11 is 6.07. The van der Waals surface area contributed by atoms with Crippen molar-refractivity contribution in [1.29, 1.82) is 0 Å². The van der Waals surface area contributed by atoms with Gasteiger partial charge in [0.2, 0.25) is 0 Å². The first-order valence-electron chi connectivity index (χ1n) is 6.86. The molecule has 0 aliphatic rings. The number of rotatable bonds is 6. The summed E-state index contributed by atoms with van der Waals surface area (Å²) in [5.41, 5.74) is 5.02. The fraction of sp³-hybridized carbons (Fsp3) is 0.188. The molecule has 2 aromatic rings. The molecule has 1 N–H and O–H groups in total. The summed E-state index contributed by atoms with van der Waals surface area (Å²) in [4.78, 5) is 10.6. The first-order chi connectivity index (χ1) is 11.0. The van der Waals surface area contributed by atoms with E-state index in [1.54, 1.807) is 19.1 Å². The minimum Gasteiger partial charge on any atom is -0.490 e. The Bertz CT molecular complexity index is 747. The van der Waals surface area contributed by atoms with E-state index in [1.165, 1.54) is 13.2 Å². The highest BCUT2D eigenvalue weighted by molar-refractivity contribution is 6.31. The van der Waals surface area contributed by atoms with Crippen LogP contribution in [0.2, 0.25) is 5.02 Å². The third kappa shape index (κ3) is 4.20. The first-order valence-corrected chi connectivity index (χ1v) is 7.24. The Morgan fingerprint density at radius 1 is 1.35 bits per heavy atom. The Morgan fingerprint density at radius 3 is 2.74 bits per heavy atom. The zero-order valence-electron chi connectivity index (χ0n) is 12.7. The van der Waals surface area contributed by atoms with E-state index >= 15 is 0 Å². The number of nitrogens with zero attached hydrogens (tertiary/aromatic N) is 2. The molecule has 120 valence electrons. The molecule has 0 unspecified atom stereocenters. The molecule has 0 fully saturated rings. The van der Waals surface area contributed by atoms with Gasteiger partial charge in [0.25, 0.3) is 0 Å². The van der Waals surface area contributed by atoms with Crippen molar-refractivity contribution < 1.29 is 9.66 Å². The summed E-state index contributed by atoms with van der Waals surface area (Å²) in [6, 6.07) is 12.2. The molecular weight excluding hydrogens is 318 g/mol. The average molecular weight is 334 g/mol. The summed E-state index contributed by atoms with van der Waals surface area (Å²) in [6.07, 6.45) is 0. The standard InChI is InChI=1S/C16H16ClN3O3/c1-11(19-18-10-13-5-3-4-6-14(13)17)12-7-8-16(23-2)15(9-12)20(21)22/h3-9,18H,10H2,1-2H3/b19-11-. The van der Waals surface area contributed by atoms with Gasteiger partial charge < -0.3 is 10.2 Å². The maximum absolute atomic E-state index is 11.0. The van der Waals surface area contributed by atoms with E-state index in [0.29, 0.717) is 22.8 Å². The molecule has 0 saturated heterocycles. The lowest BCUT2D eigenvalue weighted by atomic mass is 10.1. The molecule has 6 nitrogen and oxygen atoms in total. The van der Waals surface area contributed by atoms with Gasteiger partial charge in [0.15, 0.2) is 5.75 Å². The van der Waals surface area contributed by atoms with Crippen molar-refractivity contribution in [1.82, 2.24) is 5.43 Å². The maximum Gasteiger partial charge on any atom is 0.311 e. The highest BCUT2D eigenvalue weighted by Gasteiger charge is 2.16. The minimum atomic E-state index is -0.479. The number of halogens is 1. The van der Waals surface area contributed by atoms with Crippen molar-refractivity contribution in [3.05, 3.63) is 68.7 Å². The third-order valence-corrected chi connectivity index (χ3v) is 3.64. The summed E-state index contributed by atoms with van der Waals surface area (Å²) in [5.74, 6) is 0.218. The monoisotopic (exact) mass is 333 g/mol. The van der Waals surface area contributed by atoms with Crippen LogP contribution in [0.3, 0.4) is 0 Å². The lowest BCUT2D eigenvalue weighted by molar-refractivity contribution is -0.385. The van der Waals surface area contributed by atoms with Gasteiger partial charge in [0.1, 0.15) is 0 Å². The van der Waals surface area contributed by atoms with Crippen molar-refractivity contribution >= 4 is 23.0 Å². The predicted octanol–water partition coefficient (Wildman–Crippen LogP) is 3.77. The Labute approximate surface area is 138 Å². The number of benzene rings is 2. The van der Waals surface area contributed by atoms with Crippen LogP contribution in [0.4, 0.5) is 5.69 Å². The molecule has 2 aromatic carbocycles. The van der Waals surface area contributed by atoms with Crippen LogP contribution in [0, 0.1) is 10.1 Å². The largest absolute Gasteiger partial charge is 0.490 e. The van der Waals surface area contributed by atoms with Gasteiger partial charge in [0.05, 0.1) is 24.3 Å². The molecule has 0 radical (unpaired) electrons. The van der Waals surface area contributed by atoms with Crippen LogP contribution < -0.4 is 10.2 Å². The molecular formula is C16H16ClN3O3. The highest BCUT2D eigenvalue weighted by atomic mass is 35.5. The molecule has 0 bridgehead atoms. The van der Waals surface area contributed by atoms with Gasteiger partial charge in [-0.05, 0) is 30.7 Å². The number of nitrogens with one attached hydrogen (secondary N) is 1. The summed E-state index contributed by atoms with van der Waals surface area (Å²) < 4.78 is 4.98. The Kier molecular flexibility index (Phi) is 5.54. The van der Waals surface area contributed by atoms with Crippen molar-refractivity contribution in [3.63, 3.8) is 0 Å². The lowest BCUT2D eigenvalue weighted by Crippen LogP contribution is -2.10. The van der Waals surface area contributed by atoms with Crippen molar-refractivity contribution in [2.75, 3.05) is 7.11 Å². The van der Waals surface area contributed by atoms with Crippen LogP contribution in [-0.4, -0.2) is 17.7 Å². The Morgan fingerprint density at radius 2 is 2.09 bits per heavy atom. The molecule has 0 saturated carbocycles. The Hall–Kier alpha value is -2.60. The number of ether oxygens (including phenoxy) is 1. The minimum absolute atomic E-state index is 0.0920. The molecule has 0 aliphatic carbocycles. The van der Waals surface area contributed by atoms with E-state index in [9.17, 15) is 10.1 Å². The molecule has 0 heterocycles. The fourth-order valence-corrected chi connectivity index (χ4v) is 2.21. The third-order valence-electron chi connectivity index (χ3n) is 3.27. The second-order valence-corrected chi connectivity index (χ2v) is 5.17. The smallest absolute Gasteiger partial charge is 0.311 e. The fourth-order valence-electron chi connectivity index (χ4n) is 2.01. The summed E-state index contributed by atoms with van der Waals surface area (Å²) in [7, 11) is 1.40. The van der Waals surface area contributed by atoms with Crippen LogP contribution >= 0.6 is 11.6 Å². The Balaban J connectivity index is 2.13. The van der Waals surface area contributed by atoms with Gasteiger partial charge in [-0.3, -0.25) is 10.1 Å². The first kappa shape index (κ1) is 16.8. The molecule has 0 spiro atoms. The zero-order chi connectivity index (χ0) is 16.8. The predicted molar refractivity (Wildman–Crippen MR) is 90.2 cm³/mol. The zero-order valence-corrected chi connectivity index (χ0v) is 13.5. The topological polar surface area (TPSA) is 76.8 Å². The van der Waals surface area contributed by atoms with E-state index in [2.05, 4.69) is 10.5 Å². The van der Waals surface area contributed by atoms with Crippen LogP contribution in [0.15, 0.2) is 47.6 Å². The van der Waals surface area contributed by atoms with Crippen LogP contribution in [0.5, 0.6) is 5.75 Å². The number of nitro groups is 1. The SMILES string of the molecule is COc1ccc(/C(C)=N\NCc2ccccc2Cl)cc1[N+](=O)[O-]. The average Bonchev–Trinajstić information content (AvgIpc) is 2.55. The number of methoxy groups -OCH3 is 1. The normalized spacial score (nSPS) is 11.2. The maximum atomic E-state index is 11.0. The van der Waals surface area contributed by atoms with Crippen molar-refractivity contribution in [3.8, 4) is 5.75 Å². The van der Waals surface area contributed by atoms with Crippen molar-refractivity contribution in [2.45, 2.75) is 13.5 Å². The molecule has 0 amide bonds. The number of nitro benzene ring substituents is 1. The summed E-state index contributed by atoms with van der Waals surface area (Å²) in [5, 5.41) is 15.9. The van der Waals surface area contributed by atoms with Crippen molar-refractivity contribution in [2.24, 2.45) is 5.10 Å². The molecule has 23 heavy (non-hydrogen) atoms. The molecule has 2 rings (SSSR count). The van der Waals surface area contributed by atoms with Gasteiger partial charge in [-0.2, -0.15) is 5.10 Å². The van der Waals surface area contributed by atoms with E-state index in [1.807, 2.05) is 24.3 Å². The van der Waals surface area contributed by atoms with E-state index in [4.69, 9.17) is 16.3 Å². The van der Waals surface area contributed by atoms with E-state index < -0.39 is 4.92 Å². The van der Waals surface area contributed by atoms with Crippen LogP contribution in [-0.2, 0) is 6.54 Å². The molecule has 7 heteroatoms. The van der Waals surface area contributed by atoms with Gasteiger partial charge in [0, 0.05) is 16.7 Å². The van der Waals surface area contributed by atoms with Crippen LogP contribution in [0.1, 0.15) is 18.1 Å². The van der Waals surface area contributed by atoms with E-state index in [-0.39, 0.29) is 11.4 Å². The van der Waals surface area contributed by atoms with Gasteiger partial charge >= 0.3 is 5.69 Å². The second kappa shape index (κ2) is 7.60. The van der Waals surface area contributed by atoms with Gasteiger partial charge in [-0.1, -0.05) is 29.8 Å². The number of hydrogen-bond donors (Lipinski definition) is 1.